The van der Waals surface area contributed by atoms with Crippen molar-refractivity contribution in [3.8, 4) is 11.5 Å². The molecule has 2 aromatic carbocycles. The molecule has 0 spiro atoms. The van der Waals surface area contributed by atoms with Gasteiger partial charge in [-0.25, -0.2) is 9.97 Å². The zero-order chi connectivity index (χ0) is 18.4. The Bertz CT molecular complexity index is 1160. The Hall–Kier alpha value is -2.90. The summed E-state index contributed by atoms with van der Waals surface area (Å²) in [6.45, 7) is 1.05. The van der Waals surface area contributed by atoms with Crippen LogP contribution in [0.25, 0.3) is 21.1 Å². The lowest BCUT2D eigenvalue weighted by Crippen LogP contribution is -2.15. The minimum Gasteiger partial charge on any atom is -0.486 e. The molecule has 5 rings (SSSR count). The Morgan fingerprint density at radius 1 is 1.00 bits per heavy atom. The van der Waals surface area contributed by atoms with Crippen LogP contribution in [0, 0.1) is 0 Å². The van der Waals surface area contributed by atoms with Crippen LogP contribution >= 0.6 is 22.9 Å². The van der Waals surface area contributed by atoms with Gasteiger partial charge in [0.25, 0.3) is 5.91 Å². The van der Waals surface area contributed by atoms with Crippen LogP contribution in [-0.4, -0.2) is 29.1 Å². The maximum absolute atomic E-state index is 12.6. The van der Waals surface area contributed by atoms with Gasteiger partial charge >= 0.3 is 0 Å². The second-order valence-electron chi connectivity index (χ2n) is 5.98. The van der Waals surface area contributed by atoms with Gasteiger partial charge in [0.05, 0.1) is 15.7 Å². The average molecular weight is 398 g/mol. The number of benzene rings is 2. The largest absolute Gasteiger partial charge is 0.486 e. The minimum atomic E-state index is -0.233. The van der Waals surface area contributed by atoms with Gasteiger partial charge in [-0.05, 0) is 30.3 Å². The molecule has 4 aromatic rings. The number of carbonyl (C=O) groups is 1. The predicted molar refractivity (Wildman–Crippen MR) is 105 cm³/mol. The van der Waals surface area contributed by atoms with Crippen LogP contribution in [0.5, 0.6) is 11.5 Å². The molecule has 1 N–H and O–H groups in total. The molecule has 1 amide bonds. The highest BCUT2D eigenvalue weighted by molar-refractivity contribution is 7.22. The van der Waals surface area contributed by atoms with E-state index >= 15 is 0 Å². The molecule has 0 bridgehead atoms. The normalized spacial score (nSPS) is 13.1. The van der Waals surface area contributed by atoms with Gasteiger partial charge in [0.15, 0.2) is 16.6 Å². The van der Waals surface area contributed by atoms with E-state index in [0.717, 1.165) is 21.1 Å². The molecule has 0 radical (unpaired) electrons. The summed E-state index contributed by atoms with van der Waals surface area (Å²) >= 11 is 7.29. The molecule has 0 aliphatic carbocycles. The number of nitrogens with zero attached hydrogens (tertiary/aromatic N) is 2. The molecular weight excluding hydrogens is 386 g/mol. The number of anilines is 1. The highest BCUT2D eigenvalue weighted by Gasteiger charge is 2.16. The zero-order valence-corrected chi connectivity index (χ0v) is 15.4. The van der Waals surface area contributed by atoms with Gasteiger partial charge in [-0.1, -0.05) is 22.9 Å². The van der Waals surface area contributed by atoms with E-state index in [0.29, 0.717) is 40.6 Å². The second kappa shape index (κ2) is 6.37. The van der Waals surface area contributed by atoms with Crippen molar-refractivity contribution in [2.45, 2.75) is 0 Å². The van der Waals surface area contributed by atoms with Crippen LogP contribution in [0.2, 0.25) is 5.15 Å². The van der Waals surface area contributed by atoms with Crippen LogP contribution in [0.15, 0.2) is 42.5 Å². The van der Waals surface area contributed by atoms with Crippen molar-refractivity contribution in [1.82, 2.24) is 9.97 Å². The van der Waals surface area contributed by atoms with Crippen LogP contribution in [0.1, 0.15) is 10.4 Å². The van der Waals surface area contributed by atoms with Gasteiger partial charge in [0.2, 0.25) is 0 Å². The molecule has 0 saturated carbocycles. The van der Waals surface area contributed by atoms with E-state index in [2.05, 4.69) is 15.3 Å². The van der Waals surface area contributed by atoms with Crippen molar-refractivity contribution < 1.29 is 14.3 Å². The third kappa shape index (κ3) is 3.05. The first-order valence-corrected chi connectivity index (χ1v) is 9.43. The lowest BCUT2D eigenvalue weighted by atomic mass is 10.1. The summed E-state index contributed by atoms with van der Waals surface area (Å²) in [4.78, 5) is 21.3. The summed E-state index contributed by atoms with van der Waals surface area (Å²) in [5, 5.41) is 4.64. The number of halogens is 1. The number of rotatable bonds is 2. The molecule has 6 nitrogen and oxygen atoms in total. The van der Waals surface area contributed by atoms with Crippen molar-refractivity contribution in [3.05, 3.63) is 53.2 Å². The number of nitrogens with one attached hydrogen (secondary N) is 1. The summed E-state index contributed by atoms with van der Waals surface area (Å²) in [7, 11) is 0. The standard InChI is InChI=1S/C19H12ClN3O3S/c20-17-4-2-10-7-11(1-3-12(10)21-17)18(24)23-19-22-13-8-14-15(9-16(13)27-19)26-6-5-25-14/h1-4,7-9H,5-6H2,(H,22,23,24). The van der Waals surface area contributed by atoms with Crippen molar-refractivity contribution in [2.75, 3.05) is 18.5 Å². The Morgan fingerprint density at radius 3 is 2.67 bits per heavy atom. The summed E-state index contributed by atoms with van der Waals surface area (Å²) < 4.78 is 12.1. The fraction of sp³-hybridized carbons (Fsp3) is 0.105. The summed E-state index contributed by atoms with van der Waals surface area (Å²) in [6, 6.07) is 12.5. The molecule has 1 aliphatic heterocycles. The third-order valence-electron chi connectivity index (χ3n) is 4.19. The number of fused-ring (bicyclic) bond motifs is 3. The molecule has 1 aliphatic rings. The Balaban J connectivity index is 1.44. The minimum absolute atomic E-state index is 0.233. The lowest BCUT2D eigenvalue weighted by molar-refractivity contribution is 0.102. The molecule has 27 heavy (non-hydrogen) atoms. The smallest absolute Gasteiger partial charge is 0.257 e. The van der Waals surface area contributed by atoms with Crippen LogP contribution in [0.4, 0.5) is 5.13 Å². The van der Waals surface area contributed by atoms with Crippen molar-refractivity contribution >= 4 is 55.1 Å². The fourth-order valence-electron chi connectivity index (χ4n) is 2.93. The SMILES string of the molecule is O=C(Nc1nc2cc3c(cc2s1)OCCO3)c1ccc2nc(Cl)ccc2c1. The van der Waals surface area contributed by atoms with Gasteiger partial charge in [0, 0.05) is 23.1 Å². The van der Waals surface area contributed by atoms with Crippen molar-refractivity contribution in [3.63, 3.8) is 0 Å². The van der Waals surface area contributed by atoms with E-state index < -0.39 is 0 Å². The highest BCUT2D eigenvalue weighted by atomic mass is 35.5. The molecule has 2 aromatic heterocycles. The Kier molecular flexibility index (Phi) is 3.84. The van der Waals surface area contributed by atoms with Crippen LogP contribution < -0.4 is 14.8 Å². The first kappa shape index (κ1) is 16.3. The quantitative estimate of drug-likeness (QED) is 0.503. The van der Waals surface area contributed by atoms with Crippen molar-refractivity contribution in [2.24, 2.45) is 0 Å². The van der Waals surface area contributed by atoms with Gasteiger partial charge < -0.3 is 9.47 Å². The maximum Gasteiger partial charge on any atom is 0.257 e. The summed E-state index contributed by atoms with van der Waals surface area (Å²) in [5.74, 6) is 1.15. The molecule has 134 valence electrons. The lowest BCUT2D eigenvalue weighted by Gasteiger charge is -2.17. The molecule has 0 fully saturated rings. The molecular formula is C19H12ClN3O3S. The number of amides is 1. The fourth-order valence-corrected chi connectivity index (χ4v) is 3.95. The van der Waals surface area contributed by atoms with Crippen LogP contribution in [0.3, 0.4) is 0 Å². The Morgan fingerprint density at radius 2 is 1.81 bits per heavy atom. The predicted octanol–water partition coefficient (Wildman–Crippen LogP) is 4.52. The third-order valence-corrected chi connectivity index (χ3v) is 5.33. The monoisotopic (exact) mass is 397 g/mol. The number of hydrogen-bond donors (Lipinski definition) is 1. The van der Waals surface area contributed by atoms with Gasteiger partial charge in [-0.2, -0.15) is 0 Å². The number of aromatic nitrogens is 2. The topological polar surface area (TPSA) is 73.3 Å². The van der Waals surface area contributed by atoms with Crippen LogP contribution in [-0.2, 0) is 0 Å². The number of carbonyl (C=O) groups excluding carboxylic acids is 1. The number of thiazole rings is 1. The summed E-state index contributed by atoms with van der Waals surface area (Å²) in [5.41, 5.74) is 2.03. The van der Waals surface area contributed by atoms with E-state index in [1.807, 2.05) is 18.2 Å². The molecule has 0 unspecified atom stereocenters. The Labute approximate surface area is 162 Å². The van der Waals surface area contributed by atoms with E-state index in [1.165, 1.54) is 11.3 Å². The number of pyridine rings is 1. The first-order valence-electron chi connectivity index (χ1n) is 8.23. The van der Waals surface area contributed by atoms with E-state index in [4.69, 9.17) is 21.1 Å². The molecule has 3 heterocycles. The van der Waals surface area contributed by atoms with Gasteiger partial charge in [0.1, 0.15) is 18.4 Å². The van der Waals surface area contributed by atoms with E-state index in [1.54, 1.807) is 24.3 Å². The van der Waals surface area contributed by atoms with Crippen molar-refractivity contribution in [1.29, 1.82) is 0 Å². The molecule has 8 heteroatoms. The zero-order valence-electron chi connectivity index (χ0n) is 13.9. The average Bonchev–Trinajstić information content (AvgIpc) is 3.06. The molecule has 0 atom stereocenters. The summed E-state index contributed by atoms with van der Waals surface area (Å²) in [6.07, 6.45) is 0. The first-order chi connectivity index (χ1) is 13.2. The van der Waals surface area contributed by atoms with E-state index in [9.17, 15) is 4.79 Å². The second-order valence-corrected chi connectivity index (χ2v) is 7.40. The number of ether oxygens (including phenoxy) is 2. The van der Waals surface area contributed by atoms with Gasteiger partial charge in [-0.15, -0.1) is 0 Å². The van der Waals surface area contributed by atoms with E-state index in [-0.39, 0.29) is 5.91 Å². The number of hydrogen-bond acceptors (Lipinski definition) is 6. The van der Waals surface area contributed by atoms with Gasteiger partial charge in [-0.3, -0.25) is 10.1 Å². The maximum atomic E-state index is 12.6. The molecule has 0 saturated heterocycles. The highest BCUT2D eigenvalue weighted by Crippen LogP contribution is 2.37.